The van der Waals surface area contributed by atoms with Gasteiger partial charge in [0.15, 0.2) is 0 Å². The molecule has 0 aromatic heterocycles. The van der Waals surface area contributed by atoms with Crippen molar-refractivity contribution in [3.63, 3.8) is 0 Å². The standard InChI is InChI=1S/C13H15ClN2/c14-12-7-4-8-13(11(12)9-15)16-10-5-2-1-3-6-10/h4,7-8,10,16H,1-3,5-6H2. The summed E-state index contributed by atoms with van der Waals surface area (Å²) in [5.74, 6) is 0. The number of rotatable bonds is 2. The number of anilines is 1. The Morgan fingerprint density at radius 3 is 2.69 bits per heavy atom. The number of hydrogen-bond donors (Lipinski definition) is 1. The second kappa shape index (κ2) is 5.23. The molecule has 1 saturated carbocycles. The average molecular weight is 235 g/mol. The van der Waals surface area contributed by atoms with E-state index in [-0.39, 0.29) is 0 Å². The lowest BCUT2D eigenvalue weighted by molar-refractivity contribution is 0.462. The minimum atomic E-state index is 0.499. The minimum Gasteiger partial charge on any atom is -0.381 e. The van der Waals surface area contributed by atoms with E-state index in [1.807, 2.05) is 12.1 Å². The second-order valence-corrected chi connectivity index (χ2v) is 4.66. The minimum absolute atomic E-state index is 0.499. The third-order valence-corrected chi connectivity index (χ3v) is 3.41. The van der Waals surface area contributed by atoms with Crippen LogP contribution < -0.4 is 5.32 Å². The molecular weight excluding hydrogens is 220 g/mol. The normalized spacial score (nSPS) is 16.8. The maximum Gasteiger partial charge on any atom is 0.103 e. The largest absolute Gasteiger partial charge is 0.381 e. The van der Waals surface area contributed by atoms with E-state index < -0.39 is 0 Å². The highest BCUT2D eigenvalue weighted by molar-refractivity contribution is 6.32. The van der Waals surface area contributed by atoms with Crippen LogP contribution in [0.5, 0.6) is 0 Å². The summed E-state index contributed by atoms with van der Waals surface area (Å²) in [5.41, 5.74) is 1.44. The molecule has 2 nitrogen and oxygen atoms in total. The fourth-order valence-electron chi connectivity index (χ4n) is 2.22. The zero-order chi connectivity index (χ0) is 11.4. The van der Waals surface area contributed by atoms with Gasteiger partial charge >= 0.3 is 0 Å². The van der Waals surface area contributed by atoms with Gasteiger partial charge in [0.05, 0.1) is 16.3 Å². The van der Waals surface area contributed by atoms with Crippen molar-refractivity contribution in [2.45, 2.75) is 38.1 Å². The van der Waals surface area contributed by atoms with Crippen molar-refractivity contribution in [2.75, 3.05) is 5.32 Å². The molecule has 1 N–H and O–H groups in total. The molecule has 0 heterocycles. The summed E-state index contributed by atoms with van der Waals surface area (Å²) >= 11 is 5.98. The number of nitrogens with zero attached hydrogens (tertiary/aromatic N) is 1. The van der Waals surface area contributed by atoms with Crippen LogP contribution in [0.4, 0.5) is 5.69 Å². The van der Waals surface area contributed by atoms with Crippen molar-refractivity contribution < 1.29 is 0 Å². The van der Waals surface area contributed by atoms with E-state index in [9.17, 15) is 0 Å². The van der Waals surface area contributed by atoms with Gasteiger partial charge in [-0.2, -0.15) is 5.26 Å². The molecule has 16 heavy (non-hydrogen) atoms. The van der Waals surface area contributed by atoms with Crippen LogP contribution in [0.2, 0.25) is 5.02 Å². The molecule has 0 amide bonds. The molecule has 3 heteroatoms. The number of hydrogen-bond acceptors (Lipinski definition) is 2. The van der Waals surface area contributed by atoms with Gasteiger partial charge in [-0.15, -0.1) is 0 Å². The van der Waals surface area contributed by atoms with Crippen molar-refractivity contribution in [3.8, 4) is 6.07 Å². The predicted octanol–water partition coefficient (Wildman–Crippen LogP) is 3.96. The Balaban J connectivity index is 2.14. The highest BCUT2D eigenvalue weighted by atomic mass is 35.5. The topological polar surface area (TPSA) is 35.8 Å². The predicted molar refractivity (Wildman–Crippen MR) is 66.7 cm³/mol. The van der Waals surface area contributed by atoms with Crippen LogP contribution in [-0.2, 0) is 0 Å². The molecule has 1 aromatic carbocycles. The summed E-state index contributed by atoms with van der Waals surface area (Å²) in [7, 11) is 0. The van der Waals surface area contributed by atoms with E-state index in [1.54, 1.807) is 6.07 Å². The van der Waals surface area contributed by atoms with Crippen LogP contribution in [-0.4, -0.2) is 6.04 Å². The number of nitrogens with one attached hydrogen (secondary N) is 1. The van der Waals surface area contributed by atoms with Crippen molar-refractivity contribution in [1.29, 1.82) is 5.26 Å². The Kier molecular flexibility index (Phi) is 3.69. The van der Waals surface area contributed by atoms with Crippen LogP contribution in [0.15, 0.2) is 18.2 Å². The highest BCUT2D eigenvalue weighted by Gasteiger charge is 2.15. The maximum atomic E-state index is 9.05. The Morgan fingerprint density at radius 2 is 2.00 bits per heavy atom. The van der Waals surface area contributed by atoms with Gasteiger partial charge in [-0.25, -0.2) is 0 Å². The van der Waals surface area contributed by atoms with Gasteiger partial charge in [0, 0.05) is 6.04 Å². The van der Waals surface area contributed by atoms with Crippen LogP contribution >= 0.6 is 11.6 Å². The Hall–Kier alpha value is -1.20. The molecule has 0 unspecified atom stereocenters. The fourth-order valence-corrected chi connectivity index (χ4v) is 2.44. The lowest BCUT2D eigenvalue weighted by Crippen LogP contribution is -2.22. The first-order chi connectivity index (χ1) is 7.81. The summed E-state index contributed by atoms with van der Waals surface area (Å²) in [4.78, 5) is 0. The van der Waals surface area contributed by atoms with E-state index in [0.29, 0.717) is 16.6 Å². The van der Waals surface area contributed by atoms with E-state index in [1.165, 1.54) is 32.1 Å². The summed E-state index contributed by atoms with van der Waals surface area (Å²) in [6.45, 7) is 0. The molecule has 1 aliphatic rings. The average Bonchev–Trinajstić information content (AvgIpc) is 2.31. The summed E-state index contributed by atoms with van der Waals surface area (Å²) in [5, 5.41) is 13.0. The first-order valence-corrected chi connectivity index (χ1v) is 6.14. The van der Waals surface area contributed by atoms with Crippen molar-refractivity contribution in [2.24, 2.45) is 0 Å². The van der Waals surface area contributed by atoms with Gasteiger partial charge in [0.2, 0.25) is 0 Å². The molecule has 0 bridgehead atoms. The van der Waals surface area contributed by atoms with Gasteiger partial charge in [-0.05, 0) is 25.0 Å². The van der Waals surface area contributed by atoms with E-state index in [4.69, 9.17) is 16.9 Å². The zero-order valence-electron chi connectivity index (χ0n) is 9.17. The first-order valence-electron chi connectivity index (χ1n) is 5.76. The summed E-state index contributed by atoms with van der Waals surface area (Å²) in [6.07, 6.45) is 6.27. The van der Waals surface area contributed by atoms with Crippen molar-refractivity contribution >= 4 is 17.3 Å². The van der Waals surface area contributed by atoms with Gasteiger partial charge in [-0.3, -0.25) is 0 Å². The van der Waals surface area contributed by atoms with Gasteiger partial charge in [0.25, 0.3) is 0 Å². The van der Waals surface area contributed by atoms with Crippen LogP contribution in [0.3, 0.4) is 0 Å². The number of benzene rings is 1. The monoisotopic (exact) mass is 234 g/mol. The second-order valence-electron chi connectivity index (χ2n) is 4.25. The zero-order valence-corrected chi connectivity index (χ0v) is 9.93. The Bertz CT molecular complexity index is 403. The van der Waals surface area contributed by atoms with E-state index >= 15 is 0 Å². The lowest BCUT2D eigenvalue weighted by atomic mass is 9.95. The van der Waals surface area contributed by atoms with Crippen molar-refractivity contribution in [3.05, 3.63) is 28.8 Å². The van der Waals surface area contributed by atoms with Crippen LogP contribution in [0.1, 0.15) is 37.7 Å². The molecule has 1 aromatic rings. The van der Waals surface area contributed by atoms with Gasteiger partial charge < -0.3 is 5.32 Å². The van der Waals surface area contributed by atoms with Crippen molar-refractivity contribution in [1.82, 2.24) is 0 Å². The molecule has 2 rings (SSSR count). The molecule has 0 radical (unpaired) electrons. The summed E-state index contributed by atoms with van der Waals surface area (Å²) in [6, 6.07) is 8.23. The quantitative estimate of drug-likeness (QED) is 0.841. The van der Waals surface area contributed by atoms with Gasteiger partial charge in [-0.1, -0.05) is 36.9 Å². The molecule has 84 valence electrons. The highest BCUT2D eigenvalue weighted by Crippen LogP contribution is 2.27. The third kappa shape index (κ3) is 2.48. The molecule has 1 aliphatic carbocycles. The van der Waals surface area contributed by atoms with E-state index in [2.05, 4.69) is 11.4 Å². The number of halogens is 1. The maximum absolute atomic E-state index is 9.05. The fraction of sp³-hybridized carbons (Fsp3) is 0.462. The summed E-state index contributed by atoms with van der Waals surface area (Å²) < 4.78 is 0. The third-order valence-electron chi connectivity index (χ3n) is 3.09. The van der Waals surface area contributed by atoms with Gasteiger partial charge in [0.1, 0.15) is 6.07 Å². The lowest BCUT2D eigenvalue weighted by Gasteiger charge is -2.24. The molecule has 0 atom stereocenters. The molecule has 0 aliphatic heterocycles. The van der Waals surface area contributed by atoms with Crippen LogP contribution in [0, 0.1) is 11.3 Å². The smallest absolute Gasteiger partial charge is 0.103 e. The number of nitriles is 1. The Morgan fingerprint density at radius 1 is 1.25 bits per heavy atom. The molecule has 0 saturated heterocycles. The molecule has 0 spiro atoms. The SMILES string of the molecule is N#Cc1c(Cl)cccc1NC1CCCCC1. The van der Waals surface area contributed by atoms with E-state index in [0.717, 1.165) is 5.69 Å². The first kappa shape index (κ1) is 11.3. The Labute approximate surface area is 101 Å². The molecular formula is C13H15ClN2. The van der Waals surface area contributed by atoms with Crippen LogP contribution in [0.25, 0.3) is 0 Å². The molecule has 1 fully saturated rings.